The molecular formula is C18H22O3. The number of hydrogen-bond acceptors (Lipinski definition) is 3. The monoisotopic (exact) mass is 286 g/mol. The third kappa shape index (κ3) is 3.56. The van der Waals surface area contributed by atoms with Crippen molar-refractivity contribution in [3.8, 4) is 11.5 Å². The van der Waals surface area contributed by atoms with Gasteiger partial charge in [0.2, 0.25) is 0 Å². The van der Waals surface area contributed by atoms with Crippen LogP contribution in [0.4, 0.5) is 0 Å². The van der Waals surface area contributed by atoms with Crippen LogP contribution >= 0.6 is 0 Å². The zero-order valence-electron chi connectivity index (χ0n) is 12.8. The molecule has 2 aromatic carbocycles. The van der Waals surface area contributed by atoms with Gasteiger partial charge in [-0.15, -0.1) is 0 Å². The van der Waals surface area contributed by atoms with E-state index in [1.165, 1.54) is 0 Å². The van der Waals surface area contributed by atoms with Crippen molar-refractivity contribution in [3.63, 3.8) is 0 Å². The highest BCUT2D eigenvalue weighted by Gasteiger charge is 2.28. The molecule has 2 rings (SSSR count). The first-order valence-electron chi connectivity index (χ1n) is 7.11. The molecule has 0 heterocycles. The number of benzene rings is 2. The molecule has 1 atom stereocenters. The molecule has 1 N–H and O–H groups in total. The Morgan fingerprint density at radius 1 is 0.952 bits per heavy atom. The average Bonchev–Trinajstić information content (AvgIpc) is 2.55. The molecule has 0 saturated heterocycles. The summed E-state index contributed by atoms with van der Waals surface area (Å²) < 4.78 is 10.6. The predicted octanol–water partition coefficient (Wildman–Crippen LogP) is 3.54. The van der Waals surface area contributed by atoms with Gasteiger partial charge in [0.05, 0.1) is 19.8 Å². The van der Waals surface area contributed by atoms with Gasteiger partial charge in [-0.2, -0.15) is 0 Å². The highest BCUT2D eigenvalue weighted by atomic mass is 16.5. The summed E-state index contributed by atoms with van der Waals surface area (Å²) in [7, 11) is 3.22. The minimum atomic E-state index is -0.941. The SMILES string of the molecule is CCC(O)(Cc1ccccc1)c1cc(OC)cc(OC)c1. The van der Waals surface area contributed by atoms with E-state index in [1.807, 2.05) is 55.5 Å². The Morgan fingerprint density at radius 3 is 2.00 bits per heavy atom. The molecule has 3 nitrogen and oxygen atoms in total. The van der Waals surface area contributed by atoms with E-state index in [0.717, 1.165) is 11.1 Å². The molecule has 0 radical (unpaired) electrons. The van der Waals surface area contributed by atoms with Gasteiger partial charge in [-0.1, -0.05) is 37.3 Å². The van der Waals surface area contributed by atoms with Crippen molar-refractivity contribution in [2.75, 3.05) is 14.2 Å². The summed E-state index contributed by atoms with van der Waals surface area (Å²) in [5, 5.41) is 11.1. The summed E-state index contributed by atoms with van der Waals surface area (Å²) in [5.74, 6) is 1.37. The highest BCUT2D eigenvalue weighted by molar-refractivity contribution is 5.41. The number of aliphatic hydroxyl groups is 1. The molecule has 2 aromatic rings. The molecule has 0 amide bonds. The lowest BCUT2D eigenvalue weighted by Crippen LogP contribution is -2.27. The summed E-state index contributed by atoms with van der Waals surface area (Å²) in [6, 6.07) is 15.5. The third-order valence-electron chi connectivity index (χ3n) is 3.81. The second-order valence-electron chi connectivity index (χ2n) is 5.15. The molecule has 0 aromatic heterocycles. The van der Waals surface area contributed by atoms with Crippen LogP contribution in [0.25, 0.3) is 0 Å². The van der Waals surface area contributed by atoms with Crippen LogP contribution in [-0.2, 0) is 12.0 Å². The van der Waals surface area contributed by atoms with E-state index in [-0.39, 0.29) is 0 Å². The van der Waals surface area contributed by atoms with Gasteiger partial charge in [-0.3, -0.25) is 0 Å². The third-order valence-corrected chi connectivity index (χ3v) is 3.81. The summed E-state index contributed by atoms with van der Waals surface area (Å²) in [6.45, 7) is 1.98. The summed E-state index contributed by atoms with van der Waals surface area (Å²) in [4.78, 5) is 0. The molecule has 1 unspecified atom stereocenters. The van der Waals surface area contributed by atoms with E-state index in [4.69, 9.17) is 9.47 Å². The minimum Gasteiger partial charge on any atom is -0.497 e. The van der Waals surface area contributed by atoms with Crippen molar-refractivity contribution < 1.29 is 14.6 Å². The van der Waals surface area contributed by atoms with E-state index in [9.17, 15) is 5.11 Å². The summed E-state index contributed by atoms with van der Waals surface area (Å²) in [6.07, 6.45) is 1.17. The number of ether oxygens (including phenoxy) is 2. The van der Waals surface area contributed by atoms with Gasteiger partial charge in [0.15, 0.2) is 0 Å². The van der Waals surface area contributed by atoms with Crippen molar-refractivity contribution in [2.24, 2.45) is 0 Å². The van der Waals surface area contributed by atoms with Crippen molar-refractivity contribution in [1.29, 1.82) is 0 Å². The van der Waals surface area contributed by atoms with Crippen molar-refractivity contribution in [3.05, 3.63) is 59.7 Å². The van der Waals surface area contributed by atoms with E-state index in [0.29, 0.717) is 24.3 Å². The standard InChI is InChI=1S/C18H22O3/c1-4-18(19,13-14-8-6-5-7-9-14)15-10-16(20-2)12-17(11-15)21-3/h5-12,19H,4,13H2,1-3H3. The molecule has 21 heavy (non-hydrogen) atoms. The van der Waals surface area contributed by atoms with Crippen molar-refractivity contribution >= 4 is 0 Å². The highest BCUT2D eigenvalue weighted by Crippen LogP contribution is 2.34. The lowest BCUT2D eigenvalue weighted by Gasteiger charge is -2.28. The first-order valence-corrected chi connectivity index (χ1v) is 7.11. The first kappa shape index (κ1) is 15.4. The maximum Gasteiger partial charge on any atom is 0.122 e. The molecule has 0 spiro atoms. The normalized spacial score (nSPS) is 13.5. The number of rotatable bonds is 6. The van der Waals surface area contributed by atoms with Crippen LogP contribution in [0, 0.1) is 0 Å². The first-order chi connectivity index (χ1) is 10.1. The lowest BCUT2D eigenvalue weighted by atomic mass is 9.85. The second-order valence-corrected chi connectivity index (χ2v) is 5.15. The number of methoxy groups -OCH3 is 2. The fraction of sp³-hybridized carbons (Fsp3) is 0.333. The Hall–Kier alpha value is -2.00. The Labute approximate surface area is 126 Å². The molecule has 112 valence electrons. The van der Waals surface area contributed by atoms with Crippen LogP contribution in [0.5, 0.6) is 11.5 Å². The molecule has 0 bridgehead atoms. The van der Waals surface area contributed by atoms with E-state index < -0.39 is 5.60 Å². The summed E-state index contributed by atoms with van der Waals surface area (Å²) >= 11 is 0. The van der Waals surface area contributed by atoms with Gasteiger partial charge in [0, 0.05) is 12.5 Å². The molecular weight excluding hydrogens is 264 g/mol. The molecule has 0 aliphatic heterocycles. The minimum absolute atomic E-state index is 0.556. The van der Waals surface area contributed by atoms with Gasteiger partial charge in [-0.25, -0.2) is 0 Å². The quantitative estimate of drug-likeness (QED) is 0.882. The molecule has 3 heteroatoms. The van der Waals surface area contributed by atoms with Crippen molar-refractivity contribution in [1.82, 2.24) is 0 Å². The smallest absolute Gasteiger partial charge is 0.122 e. The van der Waals surface area contributed by atoms with Crippen LogP contribution in [0.2, 0.25) is 0 Å². The second kappa shape index (κ2) is 6.64. The fourth-order valence-electron chi connectivity index (χ4n) is 2.44. The maximum absolute atomic E-state index is 11.1. The fourth-order valence-corrected chi connectivity index (χ4v) is 2.44. The average molecular weight is 286 g/mol. The predicted molar refractivity (Wildman–Crippen MR) is 83.9 cm³/mol. The van der Waals surface area contributed by atoms with Gasteiger partial charge in [0.25, 0.3) is 0 Å². The van der Waals surface area contributed by atoms with Crippen LogP contribution in [0.3, 0.4) is 0 Å². The van der Waals surface area contributed by atoms with Crippen LogP contribution in [-0.4, -0.2) is 19.3 Å². The molecule has 0 saturated carbocycles. The lowest BCUT2D eigenvalue weighted by molar-refractivity contribution is 0.0323. The van der Waals surface area contributed by atoms with Crippen molar-refractivity contribution in [2.45, 2.75) is 25.4 Å². The maximum atomic E-state index is 11.1. The zero-order chi connectivity index (χ0) is 15.3. The van der Waals surface area contributed by atoms with E-state index in [2.05, 4.69) is 0 Å². The van der Waals surface area contributed by atoms with Crippen LogP contribution in [0.15, 0.2) is 48.5 Å². The largest absolute Gasteiger partial charge is 0.497 e. The van der Waals surface area contributed by atoms with Gasteiger partial charge >= 0.3 is 0 Å². The number of hydrogen-bond donors (Lipinski definition) is 1. The molecule has 0 fully saturated rings. The van der Waals surface area contributed by atoms with Gasteiger partial charge in [0.1, 0.15) is 11.5 Å². The topological polar surface area (TPSA) is 38.7 Å². The van der Waals surface area contributed by atoms with Crippen LogP contribution in [0.1, 0.15) is 24.5 Å². The van der Waals surface area contributed by atoms with Crippen LogP contribution < -0.4 is 9.47 Å². The van der Waals surface area contributed by atoms with Gasteiger partial charge in [-0.05, 0) is 29.7 Å². The van der Waals surface area contributed by atoms with E-state index >= 15 is 0 Å². The Bertz CT molecular complexity index is 558. The summed E-state index contributed by atoms with van der Waals surface area (Å²) in [5.41, 5.74) is 0.970. The van der Waals surface area contributed by atoms with Gasteiger partial charge < -0.3 is 14.6 Å². The Kier molecular flexibility index (Phi) is 4.86. The van der Waals surface area contributed by atoms with E-state index in [1.54, 1.807) is 14.2 Å². The zero-order valence-corrected chi connectivity index (χ0v) is 12.8. The Morgan fingerprint density at radius 2 is 1.52 bits per heavy atom. The molecule has 0 aliphatic rings. The molecule has 0 aliphatic carbocycles. The Balaban J connectivity index is 2.39.